The molecule has 1 aromatic carbocycles. The molecule has 1 saturated carbocycles. The third-order valence-electron chi connectivity index (χ3n) is 5.93. The van der Waals surface area contributed by atoms with Crippen LogP contribution in [0, 0.1) is 0 Å². The van der Waals surface area contributed by atoms with Crippen molar-refractivity contribution in [3.8, 4) is 22.8 Å². The SMILES string of the molecule is COCCCOc1cc2c(cc1OC)-c1cc(=O)c(C(=O)O)cn1C1(C2)CC(F)C1. The van der Waals surface area contributed by atoms with E-state index in [1.807, 2.05) is 6.07 Å². The average Bonchev–Trinajstić information content (AvgIpc) is 2.69. The molecule has 0 bridgehead atoms. The van der Waals surface area contributed by atoms with Crippen LogP contribution in [0.25, 0.3) is 11.3 Å². The van der Waals surface area contributed by atoms with Gasteiger partial charge in [0.2, 0.25) is 0 Å². The number of benzene rings is 1. The van der Waals surface area contributed by atoms with Crippen molar-refractivity contribution >= 4 is 5.97 Å². The third kappa shape index (κ3) is 3.35. The lowest BCUT2D eigenvalue weighted by atomic mass is 9.68. The monoisotopic (exact) mass is 417 g/mol. The summed E-state index contributed by atoms with van der Waals surface area (Å²) in [5.41, 5.74) is 0.787. The van der Waals surface area contributed by atoms with Crippen LogP contribution in [0.2, 0.25) is 0 Å². The Bertz CT molecular complexity index is 1040. The van der Waals surface area contributed by atoms with Gasteiger partial charge >= 0.3 is 5.97 Å². The van der Waals surface area contributed by atoms with Crippen LogP contribution in [0.1, 0.15) is 35.2 Å². The van der Waals surface area contributed by atoms with Gasteiger partial charge in [0.05, 0.1) is 24.9 Å². The first-order valence-corrected chi connectivity index (χ1v) is 9.86. The molecule has 0 amide bonds. The summed E-state index contributed by atoms with van der Waals surface area (Å²) in [6, 6.07) is 5.01. The molecule has 1 aliphatic heterocycles. The fourth-order valence-corrected chi connectivity index (χ4v) is 4.48. The first-order chi connectivity index (χ1) is 14.4. The van der Waals surface area contributed by atoms with Gasteiger partial charge in [-0.25, -0.2) is 9.18 Å². The summed E-state index contributed by atoms with van der Waals surface area (Å²) in [5, 5.41) is 9.38. The average molecular weight is 417 g/mol. The lowest BCUT2D eigenvalue weighted by molar-refractivity contribution is 0.0340. The molecule has 1 N–H and O–H groups in total. The number of carboxylic acid groups (broad SMARTS) is 1. The predicted octanol–water partition coefficient (Wildman–Crippen LogP) is 3.02. The summed E-state index contributed by atoms with van der Waals surface area (Å²) < 4.78 is 32.1. The Morgan fingerprint density at radius 1 is 1.23 bits per heavy atom. The van der Waals surface area contributed by atoms with Gasteiger partial charge in [0, 0.05) is 50.8 Å². The Kier molecular flexibility index (Phi) is 5.27. The highest BCUT2D eigenvalue weighted by Gasteiger charge is 2.49. The van der Waals surface area contributed by atoms with E-state index in [1.165, 1.54) is 19.4 Å². The molecule has 0 unspecified atom stereocenters. The van der Waals surface area contributed by atoms with Crippen molar-refractivity contribution in [2.24, 2.45) is 0 Å². The number of aromatic nitrogens is 1. The van der Waals surface area contributed by atoms with Crippen LogP contribution in [-0.4, -0.2) is 49.2 Å². The summed E-state index contributed by atoms with van der Waals surface area (Å²) in [7, 11) is 3.17. The lowest BCUT2D eigenvalue weighted by Gasteiger charge is -2.50. The van der Waals surface area contributed by atoms with Gasteiger partial charge in [0.15, 0.2) is 16.9 Å². The molecule has 4 rings (SSSR count). The van der Waals surface area contributed by atoms with Crippen molar-refractivity contribution < 1.29 is 28.5 Å². The van der Waals surface area contributed by atoms with Gasteiger partial charge in [-0.3, -0.25) is 4.79 Å². The summed E-state index contributed by atoms with van der Waals surface area (Å²) in [5.74, 6) is -0.193. The molecular weight excluding hydrogens is 393 g/mol. The highest BCUT2D eigenvalue weighted by Crippen LogP contribution is 2.51. The number of nitrogens with zero attached hydrogens (tertiary/aromatic N) is 1. The Hall–Kier alpha value is -2.87. The maximum Gasteiger partial charge on any atom is 0.341 e. The van der Waals surface area contributed by atoms with Gasteiger partial charge in [-0.05, 0) is 24.1 Å². The van der Waals surface area contributed by atoms with Crippen molar-refractivity contribution in [2.45, 2.75) is 37.4 Å². The fraction of sp³-hybridized carbons (Fsp3) is 0.455. The zero-order valence-corrected chi connectivity index (χ0v) is 16.9. The number of alkyl halides is 1. The van der Waals surface area contributed by atoms with Crippen LogP contribution >= 0.6 is 0 Å². The Balaban J connectivity index is 1.81. The van der Waals surface area contributed by atoms with Gasteiger partial charge < -0.3 is 23.9 Å². The van der Waals surface area contributed by atoms with E-state index in [0.29, 0.717) is 36.8 Å². The highest BCUT2D eigenvalue weighted by molar-refractivity contribution is 5.88. The molecule has 160 valence electrons. The molecule has 0 radical (unpaired) electrons. The maximum absolute atomic E-state index is 13.9. The van der Waals surface area contributed by atoms with Crippen LogP contribution in [0.3, 0.4) is 0 Å². The summed E-state index contributed by atoms with van der Waals surface area (Å²) in [6.45, 7) is 1.04. The molecule has 0 atom stereocenters. The van der Waals surface area contributed by atoms with E-state index in [2.05, 4.69) is 0 Å². The molecule has 2 aromatic rings. The number of hydrogen-bond donors (Lipinski definition) is 1. The first kappa shape index (κ1) is 20.4. The number of fused-ring (bicyclic) bond motifs is 4. The lowest BCUT2D eigenvalue weighted by Crippen LogP contribution is -2.51. The second-order valence-electron chi connectivity index (χ2n) is 7.87. The largest absolute Gasteiger partial charge is 0.493 e. The molecule has 2 heterocycles. The minimum absolute atomic E-state index is 0.275. The van der Waals surface area contributed by atoms with Crippen LogP contribution < -0.4 is 14.9 Å². The van der Waals surface area contributed by atoms with Crippen molar-refractivity contribution in [2.75, 3.05) is 27.4 Å². The minimum atomic E-state index is -1.29. The van der Waals surface area contributed by atoms with Gasteiger partial charge in [0.25, 0.3) is 0 Å². The molecular formula is C22H24FNO6. The smallest absolute Gasteiger partial charge is 0.341 e. The van der Waals surface area contributed by atoms with E-state index in [0.717, 1.165) is 17.5 Å². The fourth-order valence-electron chi connectivity index (χ4n) is 4.48. The van der Waals surface area contributed by atoms with Crippen molar-refractivity contribution in [1.29, 1.82) is 0 Å². The molecule has 1 aromatic heterocycles. The molecule has 1 aliphatic carbocycles. The number of pyridine rings is 1. The number of methoxy groups -OCH3 is 2. The van der Waals surface area contributed by atoms with E-state index in [4.69, 9.17) is 14.2 Å². The topological polar surface area (TPSA) is 87.0 Å². The number of ether oxygens (including phenoxy) is 3. The standard InChI is InChI=1S/C22H24FNO6/c1-28-4-3-5-30-20-6-13-9-22(10-14(23)11-22)24-12-16(21(26)27)18(25)8-17(24)15(13)7-19(20)29-2/h6-8,12,14H,3-5,9-11H2,1-2H3,(H,26,27). The van der Waals surface area contributed by atoms with Gasteiger partial charge in [0.1, 0.15) is 11.7 Å². The number of hydrogen-bond acceptors (Lipinski definition) is 5. The summed E-state index contributed by atoms with van der Waals surface area (Å²) in [6.07, 6.45) is 2.21. The number of aromatic carboxylic acids is 1. The van der Waals surface area contributed by atoms with Crippen molar-refractivity contribution in [1.82, 2.24) is 4.57 Å². The van der Waals surface area contributed by atoms with E-state index in [-0.39, 0.29) is 18.4 Å². The second kappa shape index (κ2) is 7.75. The van der Waals surface area contributed by atoms with E-state index >= 15 is 0 Å². The normalized spacial score (nSPS) is 21.5. The Morgan fingerprint density at radius 3 is 2.63 bits per heavy atom. The molecule has 8 heteroatoms. The van der Waals surface area contributed by atoms with Gasteiger partial charge in [-0.15, -0.1) is 0 Å². The number of halogens is 1. The zero-order chi connectivity index (χ0) is 21.5. The highest BCUT2D eigenvalue weighted by atomic mass is 19.1. The van der Waals surface area contributed by atoms with E-state index in [9.17, 15) is 19.1 Å². The minimum Gasteiger partial charge on any atom is -0.493 e. The van der Waals surface area contributed by atoms with Crippen molar-refractivity contribution in [3.63, 3.8) is 0 Å². The van der Waals surface area contributed by atoms with Crippen molar-refractivity contribution in [3.05, 3.63) is 45.7 Å². The van der Waals surface area contributed by atoms with E-state index < -0.39 is 23.1 Å². The molecule has 2 aliphatic rings. The number of rotatable bonds is 7. The quantitative estimate of drug-likeness (QED) is 0.697. The number of carbonyl (C=O) groups is 1. The third-order valence-corrected chi connectivity index (χ3v) is 5.93. The van der Waals surface area contributed by atoms with E-state index in [1.54, 1.807) is 17.7 Å². The van der Waals surface area contributed by atoms with Crippen LogP contribution in [0.5, 0.6) is 11.5 Å². The molecule has 0 saturated heterocycles. The van der Waals surface area contributed by atoms with Gasteiger partial charge in [-0.2, -0.15) is 0 Å². The zero-order valence-electron chi connectivity index (χ0n) is 16.9. The molecule has 1 spiro atoms. The maximum atomic E-state index is 13.9. The number of carboxylic acids is 1. The molecule has 1 fully saturated rings. The molecule has 30 heavy (non-hydrogen) atoms. The first-order valence-electron chi connectivity index (χ1n) is 9.86. The molecule has 7 nitrogen and oxygen atoms in total. The predicted molar refractivity (Wildman–Crippen MR) is 107 cm³/mol. The Morgan fingerprint density at radius 2 is 2.00 bits per heavy atom. The summed E-state index contributed by atoms with van der Waals surface area (Å²) >= 11 is 0. The van der Waals surface area contributed by atoms with Crippen LogP contribution in [0.4, 0.5) is 4.39 Å². The van der Waals surface area contributed by atoms with Gasteiger partial charge in [-0.1, -0.05) is 0 Å². The van der Waals surface area contributed by atoms with Crippen LogP contribution in [-0.2, 0) is 16.7 Å². The van der Waals surface area contributed by atoms with Crippen LogP contribution in [0.15, 0.2) is 29.2 Å². The Labute approximate surface area is 173 Å². The second-order valence-corrected chi connectivity index (χ2v) is 7.87. The summed E-state index contributed by atoms with van der Waals surface area (Å²) in [4.78, 5) is 23.9.